The summed E-state index contributed by atoms with van der Waals surface area (Å²) in [6.07, 6.45) is 0.0689. The summed E-state index contributed by atoms with van der Waals surface area (Å²) < 4.78 is 12.8. The van der Waals surface area contributed by atoms with Crippen LogP contribution in [0.2, 0.25) is 0 Å². The maximum atomic E-state index is 12.1. The molecule has 1 amide bonds. The van der Waals surface area contributed by atoms with Crippen molar-refractivity contribution in [3.63, 3.8) is 0 Å². The Morgan fingerprint density at radius 2 is 1.64 bits per heavy atom. The van der Waals surface area contributed by atoms with Crippen molar-refractivity contribution in [2.24, 2.45) is 0 Å². The lowest BCUT2D eigenvalue weighted by atomic mass is 9.99. The predicted octanol–water partition coefficient (Wildman–Crippen LogP) is 4.36. The Bertz CT molecular complexity index is 1350. The molecule has 0 spiro atoms. The van der Waals surface area contributed by atoms with Crippen LogP contribution < -0.4 is 5.32 Å². The highest BCUT2D eigenvalue weighted by molar-refractivity contribution is 5.75. The molecule has 1 aliphatic heterocycles. The van der Waals surface area contributed by atoms with Crippen LogP contribution in [-0.4, -0.2) is 63.4 Å². The number of carboxylic acid groups (broad SMARTS) is 1. The molecule has 0 aliphatic carbocycles. The maximum Gasteiger partial charge on any atom is 0.303 e. The van der Waals surface area contributed by atoms with E-state index in [4.69, 9.17) is 14.6 Å². The van der Waals surface area contributed by atoms with Crippen molar-refractivity contribution in [1.29, 1.82) is 0 Å². The summed E-state index contributed by atoms with van der Waals surface area (Å²) in [5.41, 5.74) is 4.18. The minimum Gasteiger partial charge on any atom is -0.508 e. The molecule has 44 heavy (non-hydrogen) atoms. The third kappa shape index (κ3) is 10.1. The Kier molecular flexibility index (Phi) is 12.3. The summed E-state index contributed by atoms with van der Waals surface area (Å²) in [5, 5.41) is 41.6. The topological polar surface area (TPSA) is 149 Å². The highest BCUT2D eigenvalue weighted by Gasteiger charge is 2.33. The smallest absolute Gasteiger partial charge is 0.303 e. The monoisotopic (exact) mass is 606 g/mol. The zero-order valence-corrected chi connectivity index (χ0v) is 25.0. The Morgan fingerprint density at radius 3 is 2.32 bits per heavy atom. The highest BCUT2D eigenvalue weighted by atomic mass is 16.7. The third-order valence-corrected chi connectivity index (χ3v) is 7.66. The van der Waals surface area contributed by atoms with Crippen LogP contribution in [0.25, 0.3) is 0 Å². The van der Waals surface area contributed by atoms with E-state index in [1.807, 2.05) is 60.5 Å². The molecule has 3 aromatic rings. The number of aliphatic carboxylic acids is 1. The van der Waals surface area contributed by atoms with Crippen molar-refractivity contribution < 1.29 is 39.5 Å². The standard InChI is InChI=1S/C34H42N2O8/c1-36(21-30(39)27-5-4-6-28(38)17-27)20-29-18-31(25-13-11-24(22-37)12-14-25)44-34(43-29)26-15-9-23(10-16-26)19-35-32(40)7-2-3-8-33(41)42/h4-6,9-17,29-31,34,37-39H,2-3,7-8,18-22H2,1H3,(H,35,40)(H,41,42). The Morgan fingerprint density at radius 1 is 0.955 bits per heavy atom. The molecule has 4 unspecified atom stereocenters. The summed E-state index contributed by atoms with van der Waals surface area (Å²) in [4.78, 5) is 24.8. The summed E-state index contributed by atoms with van der Waals surface area (Å²) in [6.45, 7) is 1.21. The largest absolute Gasteiger partial charge is 0.508 e. The fourth-order valence-corrected chi connectivity index (χ4v) is 5.23. The molecular weight excluding hydrogens is 564 g/mol. The van der Waals surface area contributed by atoms with Gasteiger partial charge in [0.2, 0.25) is 5.91 Å². The number of hydrogen-bond acceptors (Lipinski definition) is 8. The van der Waals surface area contributed by atoms with Crippen molar-refractivity contribution in [2.45, 2.75) is 69.9 Å². The number of benzene rings is 3. The number of carbonyl (C=O) groups excluding carboxylic acids is 1. The molecule has 4 rings (SSSR count). The number of rotatable bonds is 15. The number of carboxylic acids is 1. The fourth-order valence-electron chi connectivity index (χ4n) is 5.23. The normalized spacial score (nSPS) is 19.0. The first-order chi connectivity index (χ1) is 21.2. The summed E-state index contributed by atoms with van der Waals surface area (Å²) >= 11 is 0. The fraction of sp³-hybridized carbons (Fsp3) is 0.412. The van der Waals surface area contributed by atoms with Crippen LogP contribution in [0.5, 0.6) is 5.75 Å². The van der Waals surface area contributed by atoms with Crippen molar-refractivity contribution in [1.82, 2.24) is 10.2 Å². The molecule has 10 heteroatoms. The number of nitrogens with zero attached hydrogens (tertiary/aromatic N) is 1. The highest BCUT2D eigenvalue weighted by Crippen LogP contribution is 2.38. The molecular formula is C34H42N2O8. The number of ether oxygens (including phenoxy) is 2. The SMILES string of the molecule is CN(CC1CC(c2ccc(CO)cc2)OC(c2ccc(CNC(=O)CCCCC(=O)O)cc2)O1)CC(O)c1cccc(O)c1. The van der Waals surface area contributed by atoms with Crippen LogP contribution in [-0.2, 0) is 32.2 Å². The molecule has 0 bridgehead atoms. The van der Waals surface area contributed by atoms with E-state index in [0.29, 0.717) is 44.5 Å². The van der Waals surface area contributed by atoms with Crippen molar-refractivity contribution in [3.8, 4) is 5.75 Å². The van der Waals surface area contributed by atoms with Crippen LogP contribution in [0.15, 0.2) is 72.8 Å². The number of aromatic hydroxyl groups is 1. The number of nitrogens with one attached hydrogen (secondary N) is 1. The first-order valence-corrected chi connectivity index (χ1v) is 14.9. The van der Waals surface area contributed by atoms with Gasteiger partial charge in [-0.1, -0.05) is 60.7 Å². The molecule has 1 heterocycles. The van der Waals surface area contributed by atoms with Gasteiger partial charge in [0.15, 0.2) is 6.29 Å². The van der Waals surface area contributed by atoms with E-state index in [1.165, 1.54) is 0 Å². The molecule has 10 nitrogen and oxygen atoms in total. The number of aliphatic hydroxyl groups is 2. The van der Waals surface area contributed by atoms with Crippen molar-refractivity contribution in [3.05, 3.63) is 101 Å². The predicted molar refractivity (Wildman–Crippen MR) is 163 cm³/mol. The van der Waals surface area contributed by atoms with Crippen molar-refractivity contribution in [2.75, 3.05) is 20.1 Å². The number of phenolic OH excluding ortho intramolecular Hbond substituents is 1. The lowest BCUT2D eigenvalue weighted by molar-refractivity contribution is -0.252. The first kappa shape index (κ1) is 33.1. The quantitative estimate of drug-likeness (QED) is 0.159. The molecule has 0 radical (unpaired) electrons. The Balaban J connectivity index is 1.39. The van der Waals surface area contributed by atoms with Gasteiger partial charge >= 0.3 is 5.97 Å². The number of aliphatic hydroxyl groups excluding tert-OH is 2. The lowest BCUT2D eigenvalue weighted by Gasteiger charge is -2.38. The molecule has 5 N–H and O–H groups in total. The number of carbonyl (C=O) groups is 2. The molecule has 4 atom stereocenters. The van der Waals surface area contributed by atoms with Crippen LogP contribution in [0.3, 0.4) is 0 Å². The first-order valence-electron chi connectivity index (χ1n) is 14.9. The average Bonchev–Trinajstić information content (AvgIpc) is 3.02. The van der Waals surface area contributed by atoms with Gasteiger partial charge in [0.05, 0.1) is 24.9 Å². The van der Waals surface area contributed by atoms with E-state index >= 15 is 0 Å². The maximum absolute atomic E-state index is 12.1. The van der Waals surface area contributed by atoms with E-state index in [0.717, 1.165) is 22.3 Å². The Labute approximate surface area is 257 Å². The summed E-state index contributed by atoms with van der Waals surface area (Å²) in [6, 6.07) is 22.0. The number of phenols is 1. The van der Waals surface area contributed by atoms with Gasteiger partial charge in [-0.25, -0.2) is 0 Å². The molecule has 236 valence electrons. The number of hydrogen-bond donors (Lipinski definition) is 5. The van der Waals surface area contributed by atoms with Gasteiger partial charge in [-0.2, -0.15) is 0 Å². The van der Waals surface area contributed by atoms with Gasteiger partial charge in [0.1, 0.15) is 5.75 Å². The minimum atomic E-state index is -0.857. The summed E-state index contributed by atoms with van der Waals surface area (Å²) in [5.74, 6) is -0.865. The van der Waals surface area contributed by atoms with Crippen molar-refractivity contribution >= 4 is 11.9 Å². The van der Waals surface area contributed by atoms with E-state index < -0.39 is 18.4 Å². The summed E-state index contributed by atoms with van der Waals surface area (Å²) in [7, 11) is 1.92. The second kappa shape index (κ2) is 16.3. The van der Waals surface area contributed by atoms with E-state index in [9.17, 15) is 24.9 Å². The van der Waals surface area contributed by atoms with Gasteiger partial charge in [-0.15, -0.1) is 0 Å². The van der Waals surface area contributed by atoms with Crippen LogP contribution in [0.1, 0.15) is 78.4 Å². The second-order valence-electron chi connectivity index (χ2n) is 11.3. The zero-order valence-electron chi connectivity index (χ0n) is 25.0. The minimum absolute atomic E-state index is 0.0377. The van der Waals surface area contributed by atoms with E-state index in [-0.39, 0.29) is 43.3 Å². The van der Waals surface area contributed by atoms with E-state index in [2.05, 4.69) is 5.32 Å². The van der Waals surface area contributed by atoms with E-state index in [1.54, 1.807) is 24.3 Å². The molecule has 1 aliphatic rings. The lowest BCUT2D eigenvalue weighted by Crippen LogP contribution is -2.39. The van der Waals surface area contributed by atoms with Gasteiger partial charge < -0.3 is 40.1 Å². The molecule has 0 aromatic heterocycles. The number of likely N-dealkylation sites (N-methyl/N-ethyl adjacent to an activating group) is 1. The van der Waals surface area contributed by atoms with Crippen LogP contribution in [0, 0.1) is 0 Å². The van der Waals surface area contributed by atoms with Crippen LogP contribution >= 0.6 is 0 Å². The zero-order chi connectivity index (χ0) is 31.5. The van der Waals surface area contributed by atoms with Gasteiger partial charge in [0.25, 0.3) is 0 Å². The van der Waals surface area contributed by atoms with Gasteiger partial charge in [-0.3, -0.25) is 9.59 Å². The number of amides is 1. The Hall–Kier alpha value is -3.80. The van der Waals surface area contributed by atoms with Crippen LogP contribution in [0.4, 0.5) is 0 Å². The van der Waals surface area contributed by atoms with Gasteiger partial charge in [-0.05, 0) is 54.3 Å². The molecule has 0 saturated carbocycles. The number of unbranched alkanes of at least 4 members (excludes halogenated alkanes) is 1. The third-order valence-electron chi connectivity index (χ3n) is 7.66. The second-order valence-corrected chi connectivity index (χ2v) is 11.3. The molecule has 3 aromatic carbocycles. The average molecular weight is 607 g/mol. The molecule has 1 saturated heterocycles. The molecule has 1 fully saturated rings. The van der Waals surface area contributed by atoms with Gasteiger partial charge in [0, 0.05) is 44.5 Å².